The summed E-state index contributed by atoms with van der Waals surface area (Å²) >= 11 is 4.19. The van der Waals surface area contributed by atoms with Gasteiger partial charge in [-0.15, -0.1) is 23.5 Å². The molecule has 1 aromatic carbocycles. The minimum absolute atomic E-state index is 0.787. The van der Waals surface area contributed by atoms with E-state index < -0.39 is 0 Å². The molecule has 0 amide bonds. The van der Waals surface area contributed by atoms with E-state index in [1.807, 2.05) is 0 Å². The lowest BCUT2D eigenvalue weighted by atomic mass is 10.0. The standard InChI is InChI=1S/C18H28S2/c1-3-9-15(4-2)19-17-12-8-13-18(14-17)20-16-10-6-5-7-11-16/h8,12-16H,3-7,9-11H2,1-2H3. The van der Waals surface area contributed by atoms with Gasteiger partial charge in [-0.3, -0.25) is 0 Å². The molecule has 0 aromatic heterocycles. The quantitative estimate of drug-likeness (QED) is 0.509. The lowest BCUT2D eigenvalue weighted by Crippen LogP contribution is -2.07. The van der Waals surface area contributed by atoms with E-state index in [1.165, 1.54) is 61.2 Å². The Labute approximate surface area is 133 Å². The van der Waals surface area contributed by atoms with Crippen LogP contribution < -0.4 is 0 Å². The minimum atomic E-state index is 0.787. The summed E-state index contributed by atoms with van der Waals surface area (Å²) in [6.07, 6.45) is 11.0. The first-order valence-electron chi connectivity index (χ1n) is 8.25. The molecule has 1 aliphatic rings. The summed E-state index contributed by atoms with van der Waals surface area (Å²) in [5.41, 5.74) is 0. The van der Waals surface area contributed by atoms with Gasteiger partial charge in [0.25, 0.3) is 0 Å². The zero-order chi connectivity index (χ0) is 14.2. The van der Waals surface area contributed by atoms with E-state index in [-0.39, 0.29) is 0 Å². The maximum Gasteiger partial charge on any atom is 0.00944 e. The van der Waals surface area contributed by atoms with Gasteiger partial charge in [0.15, 0.2) is 0 Å². The molecule has 1 aliphatic carbocycles. The molecule has 1 aromatic rings. The average Bonchev–Trinajstić information content (AvgIpc) is 2.48. The second-order valence-electron chi connectivity index (χ2n) is 5.79. The minimum Gasteiger partial charge on any atom is -0.123 e. The Kier molecular flexibility index (Phi) is 7.37. The average molecular weight is 309 g/mol. The van der Waals surface area contributed by atoms with E-state index in [2.05, 4.69) is 61.6 Å². The van der Waals surface area contributed by atoms with E-state index in [1.54, 1.807) is 0 Å². The van der Waals surface area contributed by atoms with Crippen LogP contribution in [0.1, 0.15) is 65.2 Å². The highest BCUT2D eigenvalue weighted by atomic mass is 32.2. The maximum absolute atomic E-state index is 2.42. The molecule has 0 radical (unpaired) electrons. The van der Waals surface area contributed by atoms with Gasteiger partial charge < -0.3 is 0 Å². The predicted molar refractivity (Wildman–Crippen MR) is 94.0 cm³/mol. The zero-order valence-electron chi connectivity index (χ0n) is 12.9. The molecule has 2 rings (SSSR count). The van der Waals surface area contributed by atoms with Crippen LogP contribution in [0.5, 0.6) is 0 Å². The molecular formula is C18H28S2. The molecule has 1 fully saturated rings. The SMILES string of the molecule is CCCC(CC)Sc1cccc(SC2CCCCC2)c1. The summed E-state index contributed by atoms with van der Waals surface area (Å²) in [7, 11) is 0. The van der Waals surface area contributed by atoms with Crippen molar-refractivity contribution < 1.29 is 0 Å². The van der Waals surface area contributed by atoms with Crippen LogP contribution in [0.15, 0.2) is 34.1 Å². The van der Waals surface area contributed by atoms with Gasteiger partial charge in [0.2, 0.25) is 0 Å². The largest absolute Gasteiger partial charge is 0.123 e. The van der Waals surface area contributed by atoms with Gasteiger partial charge in [0, 0.05) is 20.3 Å². The Balaban J connectivity index is 1.92. The molecule has 0 heterocycles. The van der Waals surface area contributed by atoms with Gasteiger partial charge in [-0.1, -0.05) is 45.6 Å². The van der Waals surface area contributed by atoms with Crippen molar-refractivity contribution in [3.05, 3.63) is 24.3 Å². The molecule has 112 valence electrons. The molecule has 0 nitrogen and oxygen atoms in total. The highest BCUT2D eigenvalue weighted by Crippen LogP contribution is 2.36. The summed E-state index contributed by atoms with van der Waals surface area (Å²) in [6.45, 7) is 4.60. The van der Waals surface area contributed by atoms with E-state index in [0.717, 1.165) is 10.5 Å². The Hall–Kier alpha value is -0.0800. The molecule has 0 spiro atoms. The molecule has 1 unspecified atom stereocenters. The number of rotatable bonds is 7. The number of hydrogen-bond donors (Lipinski definition) is 0. The number of hydrogen-bond acceptors (Lipinski definition) is 2. The molecule has 2 heteroatoms. The topological polar surface area (TPSA) is 0 Å². The fraction of sp³-hybridized carbons (Fsp3) is 0.667. The third-order valence-electron chi connectivity index (χ3n) is 4.03. The van der Waals surface area contributed by atoms with Gasteiger partial charge >= 0.3 is 0 Å². The van der Waals surface area contributed by atoms with Gasteiger partial charge in [-0.05, 0) is 43.9 Å². The lowest BCUT2D eigenvalue weighted by molar-refractivity contribution is 0.516. The molecule has 0 N–H and O–H groups in total. The monoisotopic (exact) mass is 308 g/mol. The number of thioether (sulfide) groups is 2. The number of benzene rings is 1. The first kappa shape index (κ1) is 16.3. The van der Waals surface area contributed by atoms with Crippen LogP contribution in [0.3, 0.4) is 0 Å². The third-order valence-corrected chi connectivity index (χ3v) is 6.79. The summed E-state index contributed by atoms with van der Waals surface area (Å²) in [5, 5.41) is 1.65. The molecule has 1 atom stereocenters. The fourth-order valence-electron chi connectivity index (χ4n) is 2.86. The summed E-state index contributed by atoms with van der Waals surface area (Å²) < 4.78 is 0. The van der Waals surface area contributed by atoms with Crippen molar-refractivity contribution >= 4 is 23.5 Å². The van der Waals surface area contributed by atoms with Crippen LogP contribution in [0.2, 0.25) is 0 Å². The van der Waals surface area contributed by atoms with Crippen molar-refractivity contribution in [3.63, 3.8) is 0 Å². The van der Waals surface area contributed by atoms with Crippen LogP contribution in [0, 0.1) is 0 Å². The highest BCUT2D eigenvalue weighted by Gasteiger charge is 2.15. The third kappa shape index (κ3) is 5.37. The normalized spacial score (nSPS) is 18.1. The Morgan fingerprint density at radius 2 is 1.85 bits per heavy atom. The van der Waals surface area contributed by atoms with Crippen molar-refractivity contribution in [2.24, 2.45) is 0 Å². The maximum atomic E-state index is 2.42. The van der Waals surface area contributed by atoms with E-state index >= 15 is 0 Å². The van der Waals surface area contributed by atoms with Crippen molar-refractivity contribution in [1.29, 1.82) is 0 Å². The van der Waals surface area contributed by atoms with Crippen molar-refractivity contribution in [3.8, 4) is 0 Å². The van der Waals surface area contributed by atoms with E-state index in [4.69, 9.17) is 0 Å². The van der Waals surface area contributed by atoms with E-state index in [9.17, 15) is 0 Å². The highest BCUT2D eigenvalue weighted by molar-refractivity contribution is 8.00. The van der Waals surface area contributed by atoms with Gasteiger partial charge in [-0.2, -0.15) is 0 Å². The van der Waals surface area contributed by atoms with Crippen LogP contribution in [-0.2, 0) is 0 Å². The predicted octanol–water partition coefficient (Wildman–Crippen LogP) is 6.78. The first-order chi connectivity index (χ1) is 9.81. The Morgan fingerprint density at radius 1 is 1.10 bits per heavy atom. The molecular weight excluding hydrogens is 280 g/mol. The molecule has 20 heavy (non-hydrogen) atoms. The first-order valence-corrected chi connectivity index (χ1v) is 10.0. The summed E-state index contributed by atoms with van der Waals surface area (Å²) in [5.74, 6) is 0. The summed E-state index contributed by atoms with van der Waals surface area (Å²) in [4.78, 5) is 2.94. The zero-order valence-corrected chi connectivity index (χ0v) is 14.6. The van der Waals surface area contributed by atoms with Gasteiger partial charge in [0.05, 0.1) is 0 Å². The Bertz CT molecular complexity index is 361. The van der Waals surface area contributed by atoms with E-state index in [0.29, 0.717) is 0 Å². The summed E-state index contributed by atoms with van der Waals surface area (Å²) in [6, 6.07) is 9.24. The van der Waals surface area contributed by atoms with Crippen molar-refractivity contribution in [1.82, 2.24) is 0 Å². The van der Waals surface area contributed by atoms with Crippen molar-refractivity contribution in [2.45, 2.75) is 85.5 Å². The van der Waals surface area contributed by atoms with Crippen LogP contribution in [-0.4, -0.2) is 10.5 Å². The van der Waals surface area contributed by atoms with Gasteiger partial charge in [0.1, 0.15) is 0 Å². The second kappa shape index (κ2) is 9.04. The lowest BCUT2D eigenvalue weighted by Gasteiger charge is -2.21. The van der Waals surface area contributed by atoms with Crippen LogP contribution in [0.25, 0.3) is 0 Å². The molecule has 0 aliphatic heterocycles. The van der Waals surface area contributed by atoms with Crippen LogP contribution >= 0.6 is 23.5 Å². The smallest absolute Gasteiger partial charge is 0.00944 e. The molecule has 0 bridgehead atoms. The van der Waals surface area contributed by atoms with Crippen LogP contribution in [0.4, 0.5) is 0 Å². The molecule has 0 saturated heterocycles. The Morgan fingerprint density at radius 3 is 2.55 bits per heavy atom. The molecule has 1 saturated carbocycles. The van der Waals surface area contributed by atoms with Gasteiger partial charge in [-0.25, -0.2) is 0 Å². The fourth-order valence-corrected chi connectivity index (χ4v) is 5.50. The second-order valence-corrected chi connectivity index (χ2v) is 8.54. The van der Waals surface area contributed by atoms with Crippen molar-refractivity contribution in [2.75, 3.05) is 0 Å².